The summed E-state index contributed by atoms with van der Waals surface area (Å²) in [7, 11) is 3.83. The number of hydrogen-bond acceptors (Lipinski definition) is 3. The Morgan fingerprint density at radius 3 is 2.61 bits per heavy atom. The summed E-state index contributed by atoms with van der Waals surface area (Å²) in [6.45, 7) is 6.19. The molecule has 3 heteroatoms. The lowest BCUT2D eigenvalue weighted by atomic mass is 10.0. The van der Waals surface area contributed by atoms with E-state index >= 15 is 0 Å². The highest BCUT2D eigenvalue weighted by molar-refractivity contribution is 5.30. The minimum absolute atomic E-state index is 0.263. The summed E-state index contributed by atoms with van der Waals surface area (Å²) < 4.78 is 5.27. The largest absolute Gasteiger partial charge is 0.497 e. The Bertz CT molecular complexity index is 352. The van der Waals surface area contributed by atoms with E-state index in [-0.39, 0.29) is 6.04 Å². The summed E-state index contributed by atoms with van der Waals surface area (Å²) in [4.78, 5) is 2.33. The summed E-state index contributed by atoms with van der Waals surface area (Å²) in [6, 6.07) is 8.44. The molecule has 0 fully saturated rings. The third-order valence-electron chi connectivity index (χ3n) is 3.29. The molecule has 0 aliphatic rings. The summed E-state index contributed by atoms with van der Waals surface area (Å²) in [6.07, 6.45) is 1.19. The number of nitrogens with zero attached hydrogens (tertiary/aromatic N) is 1. The Morgan fingerprint density at radius 1 is 1.33 bits per heavy atom. The van der Waals surface area contributed by atoms with Crippen molar-refractivity contribution >= 4 is 0 Å². The van der Waals surface area contributed by atoms with Crippen molar-refractivity contribution in [3.63, 3.8) is 0 Å². The Balaban J connectivity index is 2.74. The standard InChI is InChI=1S/C15H26N2O/c1-12(2)8-9-17(3)15(11-16)13-6-5-7-14(10-13)18-4/h5-7,10,12,15H,8-9,11,16H2,1-4H3. The minimum atomic E-state index is 0.263. The molecule has 0 saturated carbocycles. The van der Waals surface area contributed by atoms with Gasteiger partial charge in [-0.2, -0.15) is 0 Å². The summed E-state index contributed by atoms with van der Waals surface area (Å²) in [5, 5.41) is 0. The van der Waals surface area contributed by atoms with Crippen molar-refractivity contribution in [3.05, 3.63) is 29.8 Å². The second-order valence-electron chi connectivity index (χ2n) is 5.19. The van der Waals surface area contributed by atoms with E-state index in [9.17, 15) is 0 Å². The van der Waals surface area contributed by atoms with Crippen molar-refractivity contribution < 1.29 is 4.74 Å². The molecule has 0 aliphatic carbocycles. The first-order valence-electron chi connectivity index (χ1n) is 6.62. The Kier molecular flexibility index (Phi) is 6.16. The predicted octanol–water partition coefficient (Wildman–Crippen LogP) is 2.67. The number of methoxy groups -OCH3 is 1. The molecule has 0 bridgehead atoms. The molecule has 0 saturated heterocycles. The number of rotatable bonds is 7. The van der Waals surface area contributed by atoms with Gasteiger partial charge in [0.05, 0.1) is 7.11 Å². The van der Waals surface area contributed by atoms with Gasteiger partial charge in [-0.05, 0) is 43.6 Å². The van der Waals surface area contributed by atoms with Gasteiger partial charge in [-0.1, -0.05) is 26.0 Å². The van der Waals surface area contributed by atoms with E-state index in [1.807, 2.05) is 12.1 Å². The topological polar surface area (TPSA) is 38.5 Å². The fraction of sp³-hybridized carbons (Fsp3) is 0.600. The van der Waals surface area contributed by atoms with Gasteiger partial charge in [0.15, 0.2) is 0 Å². The van der Waals surface area contributed by atoms with Crippen LogP contribution < -0.4 is 10.5 Å². The molecule has 0 spiro atoms. The zero-order valence-electron chi connectivity index (χ0n) is 12.0. The molecule has 18 heavy (non-hydrogen) atoms. The molecule has 2 N–H and O–H groups in total. The molecule has 0 aliphatic heterocycles. The van der Waals surface area contributed by atoms with Crippen molar-refractivity contribution in [2.24, 2.45) is 11.7 Å². The third kappa shape index (κ3) is 4.31. The van der Waals surface area contributed by atoms with Crippen LogP contribution >= 0.6 is 0 Å². The van der Waals surface area contributed by atoms with E-state index in [2.05, 4.69) is 37.9 Å². The van der Waals surface area contributed by atoms with E-state index < -0.39 is 0 Å². The molecule has 1 unspecified atom stereocenters. The second kappa shape index (κ2) is 7.39. The first-order valence-corrected chi connectivity index (χ1v) is 6.62. The molecule has 1 aromatic carbocycles. The fourth-order valence-electron chi connectivity index (χ4n) is 2.04. The van der Waals surface area contributed by atoms with Crippen molar-refractivity contribution in [3.8, 4) is 5.75 Å². The van der Waals surface area contributed by atoms with Crippen LogP contribution in [0.2, 0.25) is 0 Å². The van der Waals surface area contributed by atoms with Crippen LogP contribution in [0.4, 0.5) is 0 Å². The molecule has 0 radical (unpaired) electrons. The molecule has 0 aromatic heterocycles. The van der Waals surface area contributed by atoms with Crippen LogP contribution in [0.5, 0.6) is 5.75 Å². The maximum Gasteiger partial charge on any atom is 0.119 e. The van der Waals surface area contributed by atoms with E-state index in [1.165, 1.54) is 12.0 Å². The maximum atomic E-state index is 5.92. The SMILES string of the molecule is COc1cccc(C(CN)N(C)CCC(C)C)c1. The Labute approximate surface area is 111 Å². The Morgan fingerprint density at radius 2 is 2.06 bits per heavy atom. The van der Waals surface area contributed by atoms with Gasteiger partial charge >= 0.3 is 0 Å². The number of ether oxygens (including phenoxy) is 1. The molecule has 1 atom stereocenters. The van der Waals surface area contributed by atoms with Crippen LogP contribution in [0.1, 0.15) is 31.9 Å². The van der Waals surface area contributed by atoms with Crippen molar-refractivity contribution in [2.45, 2.75) is 26.3 Å². The van der Waals surface area contributed by atoms with Crippen LogP contribution in [-0.4, -0.2) is 32.1 Å². The zero-order valence-corrected chi connectivity index (χ0v) is 12.0. The lowest BCUT2D eigenvalue weighted by molar-refractivity contribution is 0.236. The molecular weight excluding hydrogens is 224 g/mol. The third-order valence-corrected chi connectivity index (χ3v) is 3.29. The molecule has 0 heterocycles. The summed E-state index contributed by atoms with van der Waals surface area (Å²) >= 11 is 0. The molecule has 1 rings (SSSR count). The normalized spacial score (nSPS) is 13.1. The summed E-state index contributed by atoms with van der Waals surface area (Å²) in [5.74, 6) is 1.61. The Hall–Kier alpha value is -1.06. The van der Waals surface area contributed by atoms with E-state index in [1.54, 1.807) is 7.11 Å². The van der Waals surface area contributed by atoms with E-state index in [4.69, 9.17) is 10.5 Å². The van der Waals surface area contributed by atoms with Crippen LogP contribution in [0.25, 0.3) is 0 Å². The minimum Gasteiger partial charge on any atom is -0.497 e. The highest BCUT2D eigenvalue weighted by Gasteiger charge is 2.15. The van der Waals surface area contributed by atoms with Gasteiger partial charge in [0.25, 0.3) is 0 Å². The summed E-state index contributed by atoms with van der Waals surface area (Å²) in [5.41, 5.74) is 7.15. The van der Waals surface area contributed by atoms with Gasteiger partial charge < -0.3 is 10.5 Å². The molecule has 0 amide bonds. The molecular formula is C15H26N2O. The van der Waals surface area contributed by atoms with Gasteiger partial charge in [0.1, 0.15) is 5.75 Å². The van der Waals surface area contributed by atoms with Gasteiger partial charge in [0.2, 0.25) is 0 Å². The van der Waals surface area contributed by atoms with Crippen LogP contribution in [0.3, 0.4) is 0 Å². The molecule has 102 valence electrons. The lowest BCUT2D eigenvalue weighted by Crippen LogP contribution is -2.31. The van der Waals surface area contributed by atoms with Gasteiger partial charge in [-0.25, -0.2) is 0 Å². The van der Waals surface area contributed by atoms with Gasteiger partial charge in [-0.3, -0.25) is 4.90 Å². The number of benzene rings is 1. The van der Waals surface area contributed by atoms with Gasteiger partial charge in [-0.15, -0.1) is 0 Å². The first kappa shape index (κ1) is 15.0. The number of nitrogens with two attached hydrogens (primary N) is 1. The number of likely N-dealkylation sites (N-methyl/N-ethyl adjacent to an activating group) is 1. The molecule has 3 nitrogen and oxygen atoms in total. The highest BCUT2D eigenvalue weighted by Crippen LogP contribution is 2.23. The average molecular weight is 250 g/mol. The zero-order chi connectivity index (χ0) is 13.5. The van der Waals surface area contributed by atoms with Crippen LogP contribution in [0.15, 0.2) is 24.3 Å². The first-order chi connectivity index (χ1) is 8.58. The van der Waals surface area contributed by atoms with Crippen molar-refractivity contribution in [2.75, 3.05) is 27.2 Å². The highest BCUT2D eigenvalue weighted by atomic mass is 16.5. The van der Waals surface area contributed by atoms with E-state index in [0.29, 0.717) is 6.54 Å². The van der Waals surface area contributed by atoms with Crippen molar-refractivity contribution in [1.29, 1.82) is 0 Å². The average Bonchev–Trinajstić information content (AvgIpc) is 2.37. The fourth-order valence-corrected chi connectivity index (χ4v) is 2.04. The lowest BCUT2D eigenvalue weighted by Gasteiger charge is -2.28. The quantitative estimate of drug-likeness (QED) is 0.808. The van der Waals surface area contributed by atoms with Gasteiger partial charge in [0, 0.05) is 12.6 Å². The molecule has 1 aromatic rings. The maximum absolute atomic E-state index is 5.92. The van der Waals surface area contributed by atoms with Crippen molar-refractivity contribution in [1.82, 2.24) is 4.90 Å². The van der Waals surface area contributed by atoms with Crippen LogP contribution in [0, 0.1) is 5.92 Å². The smallest absolute Gasteiger partial charge is 0.119 e. The van der Waals surface area contributed by atoms with Crippen LogP contribution in [-0.2, 0) is 0 Å². The second-order valence-corrected chi connectivity index (χ2v) is 5.19. The predicted molar refractivity (Wildman–Crippen MR) is 76.9 cm³/mol. The number of hydrogen-bond donors (Lipinski definition) is 1. The van der Waals surface area contributed by atoms with E-state index in [0.717, 1.165) is 18.2 Å². The monoisotopic (exact) mass is 250 g/mol.